The maximum absolute atomic E-state index is 13.6. The number of carboxylic acid groups (broad SMARTS) is 1. The van der Waals surface area contributed by atoms with Crippen molar-refractivity contribution in [2.45, 2.75) is 64.1 Å². The van der Waals surface area contributed by atoms with Gasteiger partial charge in [-0.25, -0.2) is 0 Å². The fourth-order valence-corrected chi connectivity index (χ4v) is 5.22. The number of nitrogens with zero attached hydrogens (tertiary/aromatic N) is 1. The maximum Gasteiger partial charge on any atom is 0.290 e. The van der Waals surface area contributed by atoms with Crippen LogP contribution in [0.25, 0.3) is 0 Å². The molecule has 1 saturated heterocycles. The number of hydrogen-bond donors (Lipinski definition) is 5. The van der Waals surface area contributed by atoms with Crippen LogP contribution in [0.5, 0.6) is 0 Å². The highest BCUT2D eigenvalue weighted by molar-refractivity contribution is 6.00. The Morgan fingerprint density at radius 2 is 1.65 bits per heavy atom. The smallest absolute Gasteiger partial charge is 0.290 e. The second kappa shape index (κ2) is 16.4. The van der Waals surface area contributed by atoms with Crippen molar-refractivity contribution in [3.8, 4) is 0 Å². The van der Waals surface area contributed by atoms with Gasteiger partial charge in [0, 0.05) is 48.5 Å². The van der Waals surface area contributed by atoms with Crippen molar-refractivity contribution >= 4 is 29.7 Å². The number of hydrogen-bond acceptors (Lipinski definition) is 6. The first-order valence-corrected chi connectivity index (χ1v) is 14.7. The van der Waals surface area contributed by atoms with Crippen molar-refractivity contribution in [2.24, 2.45) is 0 Å². The molecule has 2 atom stereocenters. The Bertz CT molecular complexity index is 1320. The average molecular weight is 589 g/mol. The van der Waals surface area contributed by atoms with Gasteiger partial charge in [-0.2, -0.15) is 0 Å². The van der Waals surface area contributed by atoms with Gasteiger partial charge in [-0.3, -0.25) is 14.4 Å². The van der Waals surface area contributed by atoms with Crippen LogP contribution in [0.2, 0.25) is 0 Å². The number of aliphatic hydroxyl groups excluding tert-OH is 1. The molecule has 5 N–H and O–H groups in total. The van der Waals surface area contributed by atoms with Crippen LogP contribution >= 0.6 is 0 Å². The normalized spacial score (nSPS) is 14.3. The van der Waals surface area contributed by atoms with E-state index in [9.17, 15) is 14.7 Å². The molecule has 1 heterocycles. The molecule has 4 rings (SSSR count). The number of amides is 2. The predicted molar refractivity (Wildman–Crippen MR) is 171 cm³/mol. The van der Waals surface area contributed by atoms with E-state index in [0.717, 1.165) is 29.8 Å². The lowest BCUT2D eigenvalue weighted by molar-refractivity contribution is -0.123. The van der Waals surface area contributed by atoms with Gasteiger partial charge in [0.25, 0.3) is 12.4 Å². The summed E-state index contributed by atoms with van der Waals surface area (Å²) < 4.78 is 0. The van der Waals surface area contributed by atoms with Gasteiger partial charge >= 0.3 is 0 Å². The molecule has 1 fully saturated rings. The van der Waals surface area contributed by atoms with Crippen molar-refractivity contribution in [1.29, 1.82) is 0 Å². The summed E-state index contributed by atoms with van der Waals surface area (Å²) in [7, 11) is 0. The van der Waals surface area contributed by atoms with Crippen LogP contribution in [-0.2, 0) is 22.4 Å². The summed E-state index contributed by atoms with van der Waals surface area (Å²) in [5, 5.41) is 28.1. The zero-order valence-corrected chi connectivity index (χ0v) is 25.3. The predicted octanol–water partition coefficient (Wildman–Crippen LogP) is 4.26. The maximum atomic E-state index is 13.6. The molecule has 0 bridgehead atoms. The zero-order valence-electron chi connectivity index (χ0n) is 25.3. The van der Waals surface area contributed by atoms with Crippen LogP contribution in [-0.4, -0.2) is 65.8 Å². The third-order valence-electron chi connectivity index (χ3n) is 7.30. The first kappa shape index (κ1) is 33.3. The Kier molecular flexibility index (Phi) is 12.7. The van der Waals surface area contributed by atoms with Gasteiger partial charge in [-0.05, 0) is 69.4 Å². The van der Waals surface area contributed by atoms with Crippen molar-refractivity contribution in [3.63, 3.8) is 0 Å². The topological polar surface area (TPSA) is 131 Å². The minimum absolute atomic E-state index is 0.0709. The molecular formula is C34H44N4O5. The van der Waals surface area contributed by atoms with Crippen molar-refractivity contribution in [2.75, 3.05) is 29.9 Å². The molecule has 0 aliphatic carbocycles. The highest BCUT2D eigenvalue weighted by Crippen LogP contribution is 2.27. The first-order valence-electron chi connectivity index (χ1n) is 14.7. The standard InChI is InChI=1S/C33H42N4O3.CH2O2/c1-4-34-27-19-26(20-28(21-27)37-17-11-16-31(37)39)32(40)36-29(18-24-12-7-5-8-13-24)30(38)23-35-33(2,3)22-25-14-9-6-10-15-25;2-1-3/h5-10,12-15,19-21,29-30,34-35,38H,4,11,16-18,22-23H2,1-3H3,(H,36,40);1H,(H,2,3)/t29-,30+;/m0./s1. The number of rotatable bonds is 13. The van der Waals surface area contributed by atoms with E-state index in [4.69, 9.17) is 9.90 Å². The van der Waals surface area contributed by atoms with E-state index in [-0.39, 0.29) is 23.8 Å². The zero-order chi connectivity index (χ0) is 31.2. The van der Waals surface area contributed by atoms with E-state index in [2.05, 4.69) is 41.9 Å². The van der Waals surface area contributed by atoms with Crippen LogP contribution in [0, 0.1) is 0 Å². The molecule has 3 aromatic rings. The van der Waals surface area contributed by atoms with E-state index in [1.165, 1.54) is 5.56 Å². The fraction of sp³-hybridized carbons (Fsp3) is 0.382. The van der Waals surface area contributed by atoms with E-state index in [1.54, 1.807) is 17.0 Å². The van der Waals surface area contributed by atoms with Crippen LogP contribution in [0.4, 0.5) is 11.4 Å². The molecule has 9 heteroatoms. The second-order valence-corrected chi connectivity index (χ2v) is 11.3. The van der Waals surface area contributed by atoms with Crippen LogP contribution in [0.1, 0.15) is 55.1 Å². The van der Waals surface area contributed by atoms with Crippen molar-refractivity contribution in [1.82, 2.24) is 10.6 Å². The monoisotopic (exact) mass is 588 g/mol. The van der Waals surface area contributed by atoms with E-state index in [1.807, 2.05) is 61.5 Å². The molecular weight excluding hydrogens is 544 g/mol. The van der Waals surface area contributed by atoms with Crippen LogP contribution < -0.4 is 20.9 Å². The summed E-state index contributed by atoms with van der Waals surface area (Å²) in [5.74, 6) is -0.210. The summed E-state index contributed by atoms with van der Waals surface area (Å²) in [6.07, 6.45) is 1.80. The summed E-state index contributed by atoms with van der Waals surface area (Å²) in [4.78, 5) is 36.2. The lowest BCUT2D eigenvalue weighted by Crippen LogP contribution is -2.52. The Hall–Kier alpha value is -4.21. The number of carbonyl (C=O) groups excluding carboxylic acids is 2. The van der Waals surface area contributed by atoms with Crippen LogP contribution in [0.15, 0.2) is 78.9 Å². The minimum atomic E-state index is -0.823. The van der Waals surface area contributed by atoms with E-state index in [0.29, 0.717) is 38.0 Å². The Morgan fingerprint density at radius 1 is 1.02 bits per heavy atom. The van der Waals surface area contributed by atoms with E-state index < -0.39 is 12.1 Å². The summed E-state index contributed by atoms with van der Waals surface area (Å²) in [6, 6.07) is 25.1. The van der Waals surface area contributed by atoms with Gasteiger partial charge in [0.1, 0.15) is 0 Å². The van der Waals surface area contributed by atoms with Crippen molar-refractivity contribution in [3.05, 3.63) is 95.6 Å². The Balaban J connectivity index is 0.00000162. The SMILES string of the molecule is CCNc1cc(C(=O)N[C@@H](Cc2ccccc2)[C@H](O)CNC(C)(C)Cc2ccccc2)cc(N2CCCC2=O)c1.O=CO. The first-order chi connectivity index (χ1) is 20.7. The third-order valence-corrected chi connectivity index (χ3v) is 7.30. The number of carbonyl (C=O) groups is 3. The molecule has 0 aromatic heterocycles. The highest BCUT2D eigenvalue weighted by atomic mass is 16.3. The van der Waals surface area contributed by atoms with Crippen LogP contribution in [0.3, 0.4) is 0 Å². The van der Waals surface area contributed by atoms with Gasteiger partial charge in [-0.1, -0.05) is 60.7 Å². The molecule has 1 aliphatic heterocycles. The number of aliphatic hydroxyl groups is 1. The Labute approximate surface area is 254 Å². The second-order valence-electron chi connectivity index (χ2n) is 11.3. The molecule has 43 heavy (non-hydrogen) atoms. The molecule has 0 spiro atoms. The van der Waals surface area contributed by atoms with Gasteiger partial charge in [0.2, 0.25) is 5.91 Å². The summed E-state index contributed by atoms with van der Waals surface area (Å²) >= 11 is 0. The molecule has 0 radical (unpaired) electrons. The largest absolute Gasteiger partial charge is 0.483 e. The number of anilines is 2. The lowest BCUT2D eigenvalue weighted by Gasteiger charge is -2.31. The van der Waals surface area contributed by atoms with Crippen molar-refractivity contribution < 1.29 is 24.6 Å². The van der Waals surface area contributed by atoms with E-state index >= 15 is 0 Å². The van der Waals surface area contributed by atoms with Gasteiger partial charge in [-0.15, -0.1) is 0 Å². The average Bonchev–Trinajstić information content (AvgIpc) is 3.42. The lowest BCUT2D eigenvalue weighted by atomic mass is 9.94. The summed E-state index contributed by atoms with van der Waals surface area (Å²) in [5.41, 5.74) is 3.96. The molecule has 9 nitrogen and oxygen atoms in total. The molecule has 0 unspecified atom stereocenters. The van der Waals surface area contributed by atoms with Gasteiger partial charge in [0.05, 0.1) is 12.1 Å². The molecule has 0 saturated carbocycles. The number of benzene rings is 3. The highest BCUT2D eigenvalue weighted by Gasteiger charge is 2.27. The molecule has 230 valence electrons. The Morgan fingerprint density at radius 3 is 2.23 bits per heavy atom. The number of nitrogens with one attached hydrogen (secondary N) is 3. The quantitative estimate of drug-likeness (QED) is 0.189. The molecule has 1 aliphatic rings. The molecule has 2 amide bonds. The minimum Gasteiger partial charge on any atom is -0.483 e. The number of β-amino-alcohol motifs (C(OH)–C–C–N with tert-alkyl or cyclic N) is 1. The summed E-state index contributed by atoms with van der Waals surface area (Å²) in [6.45, 7) is 7.64. The molecule has 3 aromatic carbocycles. The van der Waals surface area contributed by atoms with Gasteiger partial charge in [0.15, 0.2) is 0 Å². The van der Waals surface area contributed by atoms with Gasteiger partial charge < -0.3 is 31.1 Å². The third kappa shape index (κ3) is 10.5. The fourth-order valence-electron chi connectivity index (χ4n) is 5.22.